The summed E-state index contributed by atoms with van der Waals surface area (Å²) in [6, 6.07) is 18.2. The highest BCUT2D eigenvalue weighted by Gasteiger charge is 1.87. The van der Waals surface area contributed by atoms with Crippen LogP contribution < -0.4 is 0 Å². The van der Waals surface area contributed by atoms with Crippen LogP contribution in [0.3, 0.4) is 0 Å². The summed E-state index contributed by atoms with van der Waals surface area (Å²) in [7, 11) is 0. The quantitative estimate of drug-likeness (QED) is 0.717. The summed E-state index contributed by atoms with van der Waals surface area (Å²) in [6.45, 7) is 0. The molecule has 2 aromatic carbocycles. The molecule has 0 fully saturated rings. The van der Waals surface area contributed by atoms with Gasteiger partial charge in [0.2, 0.25) is 0 Å². The lowest BCUT2D eigenvalue weighted by molar-refractivity contribution is 1.41. The summed E-state index contributed by atoms with van der Waals surface area (Å²) in [5.41, 5.74) is 1.33. The van der Waals surface area contributed by atoms with Crippen molar-refractivity contribution >= 4 is 25.3 Å². The molecule has 2 rings (SSSR count). The van der Waals surface area contributed by atoms with Gasteiger partial charge in [-0.3, -0.25) is 0 Å². The molecule has 18 heavy (non-hydrogen) atoms. The summed E-state index contributed by atoms with van der Waals surface area (Å²) in [5, 5.41) is 16.7. The second-order valence-corrected chi connectivity index (χ2v) is 4.35. The van der Waals surface area contributed by atoms with E-state index in [0.29, 0.717) is 11.1 Å². The molecule has 0 saturated carbocycles. The minimum absolute atomic E-state index is 0.655. The average Bonchev–Trinajstić information content (AvgIpc) is 2.40. The number of benzene rings is 2. The molecule has 0 saturated heterocycles. The number of thiol groups is 2. The first kappa shape index (κ1) is 14.2. The second-order valence-electron chi connectivity index (χ2n) is 3.32. The summed E-state index contributed by atoms with van der Waals surface area (Å²) >= 11 is 8.12. The third-order valence-electron chi connectivity index (χ3n) is 1.97. The number of nitrogens with zero attached hydrogens (tertiary/aromatic N) is 2. The Morgan fingerprint density at radius 1 is 0.722 bits per heavy atom. The van der Waals surface area contributed by atoms with Crippen LogP contribution in [0.1, 0.15) is 11.1 Å². The molecular formula is C14H10N2S2. The van der Waals surface area contributed by atoms with Gasteiger partial charge in [0.05, 0.1) is 23.3 Å². The predicted molar refractivity (Wildman–Crippen MR) is 76.8 cm³/mol. The maximum atomic E-state index is 8.38. The molecule has 0 aromatic heterocycles. The van der Waals surface area contributed by atoms with Crippen LogP contribution >= 0.6 is 25.3 Å². The molecule has 2 nitrogen and oxygen atoms in total. The van der Waals surface area contributed by atoms with Gasteiger partial charge >= 0.3 is 0 Å². The van der Waals surface area contributed by atoms with Gasteiger partial charge in [0.25, 0.3) is 0 Å². The lowest BCUT2D eigenvalue weighted by Crippen LogP contribution is -1.70. The van der Waals surface area contributed by atoms with Crippen molar-refractivity contribution < 1.29 is 0 Å². The molecule has 0 aliphatic heterocycles. The summed E-state index contributed by atoms with van der Waals surface area (Å²) in [6.07, 6.45) is 0. The molecule has 2 aromatic rings. The summed E-state index contributed by atoms with van der Waals surface area (Å²) in [4.78, 5) is 1.71. The van der Waals surface area contributed by atoms with Gasteiger partial charge in [-0.1, -0.05) is 6.07 Å². The van der Waals surface area contributed by atoms with Crippen molar-refractivity contribution in [2.24, 2.45) is 0 Å². The standard InChI is InChI=1S/2C7H5NS/c8-5-6-1-3-7(9)4-2-6;8-5-6-2-1-3-7(9)4-6/h2*1-4,9H. The van der Waals surface area contributed by atoms with Crippen LogP contribution in [0.25, 0.3) is 0 Å². The minimum Gasteiger partial charge on any atom is -0.192 e. The zero-order chi connectivity index (χ0) is 13.4. The Hall–Kier alpha value is -1.88. The smallest absolute Gasteiger partial charge is 0.0992 e. The lowest BCUT2D eigenvalue weighted by atomic mass is 10.2. The second kappa shape index (κ2) is 7.45. The van der Waals surface area contributed by atoms with Gasteiger partial charge in [-0.05, 0) is 42.5 Å². The number of rotatable bonds is 0. The Bertz CT molecular complexity index is 592. The van der Waals surface area contributed by atoms with Crippen molar-refractivity contribution in [1.82, 2.24) is 0 Å². The molecular weight excluding hydrogens is 260 g/mol. The van der Waals surface area contributed by atoms with Gasteiger partial charge in [-0.25, -0.2) is 0 Å². The molecule has 0 heterocycles. The van der Waals surface area contributed by atoms with Crippen molar-refractivity contribution in [2.45, 2.75) is 9.79 Å². The summed E-state index contributed by atoms with van der Waals surface area (Å²) in [5.74, 6) is 0. The van der Waals surface area contributed by atoms with Crippen LogP contribution in [0.15, 0.2) is 58.3 Å². The van der Waals surface area contributed by atoms with Crippen molar-refractivity contribution in [3.8, 4) is 12.1 Å². The average molecular weight is 270 g/mol. The third kappa shape index (κ3) is 4.97. The van der Waals surface area contributed by atoms with Gasteiger partial charge in [-0.15, -0.1) is 25.3 Å². The van der Waals surface area contributed by atoms with Gasteiger partial charge in [-0.2, -0.15) is 10.5 Å². The molecule has 0 aliphatic carbocycles. The lowest BCUT2D eigenvalue weighted by Gasteiger charge is -1.87. The highest BCUT2D eigenvalue weighted by molar-refractivity contribution is 7.80. The highest BCUT2D eigenvalue weighted by atomic mass is 32.1. The van der Waals surface area contributed by atoms with Crippen LogP contribution in [0.5, 0.6) is 0 Å². The van der Waals surface area contributed by atoms with Crippen molar-refractivity contribution in [1.29, 1.82) is 10.5 Å². The summed E-state index contributed by atoms with van der Waals surface area (Å²) < 4.78 is 0. The third-order valence-corrected chi connectivity index (χ3v) is 2.55. The molecule has 0 aliphatic rings. The predicted octanol–water partition coefficient (Wildman–Crippen LogP) is 3.69. The van der Waals surface area contributed by atoms with E-state index in [1.165, 1.54) is 0 Å². The first-order valence-electron chi connectivity index (χ1n) is 5.04. The van der Waals surface area contributed by atoms with Gasteiger partial charge in [0, 0.05) is 9.79 Å². The molecule has 0 bridgehead atoms. The molecule has 0 amide bonds. The van der Waals surface area contributed by atoms with Crippen molar-refractivity contribution in [3.05, 3.63) is 59.7 Å². The fraction of sp³-hybridized carbons (Fsp3) is 0. The maximum Gasteiger partial charge on any atom is 0.0992 e. The Morgan fingerprint density at radius 2 is 1.33 bits per heavy atom. The van der Waals surface area contributed by atoms with Crippen molar-refractivity contribution in [2.75, 3.05) is 0 Å². The number of hydrogen-bond donors (Lipinski definition) is 2. The Kier molecular flexibility index (Phi) is 5.87. The van der Waals surface area contributed by atoms with E-state index in [9.17, 15) is 0 Å². The normalized spacial score (nSPS) is 8.44. The maximum absolute atomic E-state index is 8.38. The molecule has 0 atom stereocenters. The highest BCUT2D eigenvalue weighted by Crippen LogP contribution is 2.07. The first-order chi connectivity index (χ1) is 8.65. The molecule has 4 heteroatoms. The molecule has 0 spiro atoms. The molecule has 88 valence electrons. The number of nitriles is 2. The Morgan fingerprint density at radius 3 is 1.78 bits per heavy atom. The number of hydrogen-bond acceptors (Lipinski definition) is 4. The largest absolute Gasteiger partial charge is 0.192 e. The van der Waals surface area contributed by atoms with E-state index >= 15 is 0 Å². The van der Waals surface area contributed by atoms with E-state index < -0.39 is 0 Å². The fourth-order valence-corrected chi connectivity index (χ4v) is 1.49. The monoisotopic (exact) mass is 270 g/mol. The van der Waals surface area contributed by atoms with E-state index in [4.69, 9.17) is 10.5 Å². The van der Waals surface area contributed by atoms with Gasteiger partial charge in [0.1, 0.15) is 0 Å². The molecule has 0 N–H and O–H groups in total. The topological polar surface area (TPSA) is 47.6 Å². The van der Waals surface area contributed by atoms with E-state index in [0.717, 1.165) is 9.79 Å². The zero-order valence-electron chi connectivity index (χ0n) is 9.41. The zero-order valence-corrected chi connectivity index (χ0v) is 11.2. The van der Waals surface area contributed by atoms with Gasteiger partial charge < -0.3 is 0 Å². The SMILES string of the molecule is N#Cc1ccc(S)cc1.N#Cc1cccc(S)c1. The van der Waals surface area contributed by atoms with E-state index in [1.807, 2.05) is 18.2 Å². The van der Waals surface area contributed by atoms with Crippen LogP contribution in [-0.4, -0.2) is 0 Å². The van der Waals surface area contributed by atoms with Crippen LogP contribution in [0.2, 0.25) is 0 Å². The van der Waals surface area contributed by atoms with Gasteiger partial charge in [0.15, 0.2) is 0 Å². The van der Waals surface area contributed by atoms with E-state index in [2.05, 4.69) is 25.3 Å². The van der Waals surface area contributed by atoms with Crippen molar-refractivity contribution in [3.63, 3.8) is 0 Å². The van der Waals surface area contributed by atoms with Crippen LogP contribution in [0.4, 0.5) is 0 Å². The van der Waals surface area contributed by atoms with Crippen LogP contribution in [-0.2, 0) is 0 Å². The minimum atomic E-state index is 0.655. The van der Waals surface area contributed by atoms with Crippen LogP contribution in [0, 0.1) is 22.7 Å². The Labute approximate surface area is 117 Å². The first-order valence-corrected chi connectivity index (χ1v) is 5.93. The molecule has 0 radical (unpaired) electrons. The fourth-order valence-electron chi connectivity index (χ4n) is 1.11. The van der Waals surface area contributed by atoms with E-state index in [1.54, 1.807) is 42.5 Å². The Balaban J connectivity index is 0.000000180. The molecule has 0 unspecified atom stereocenters. The van der Waals surface area contributed by atoms with E-state index in [-0.39, 0.29) is 0 Å².